The first-order valence-corrected chi connectivity index (χ1v) is 8.96. The Morgan fingerprint density at radius 2 is 2.04 bits per heavy atom. The lowest BCUT2D eigenvalue weighted by molar-refractivity contribution is 0.254. The van der Waals surface area contributed by atoms with Crippen LogP contribution in [0.2, 0.25) is 0 Å². The van der Waals surface area contributed by atoms with Gasteiger partial charge in [-0.15, -0.1) is 0 Å². The molecule has 0 N–H and O–H groups in total. The van der Waals surface area contributed by atoms with Gasteiger partial charge in [0.1, 0.15) is 16.4 Å². The van der Waals surface area contributed by atoms with Crippen molar-refractivity contribution in [2.45, 2.75) is 51.0 Å². The summed E-state index contributed by atoms with van der Waals surface area (Å²) in [6.07, 6.45) is 3.11. The summed E-state index contributed by atoms with van der Waals surface area (Å²) in [7, 11) is -3.73. The molecule has 3 heterocycles. The van der Waals surface area contributed by atoms with Crippen molar-refractivity contribution in [1.29, 1.82) is 0 Å². The Hall–Kier alpha value is -1.80. The zero-order valence-electron chi connectivity index (χ0n) is 13.7. The van der Waals surface area contributed by atoms with Gasteiger partial charge in [0.2, 0.25) is 10.0 Å². The maximum absolute atomic E-state index is 13.2. The first-order valence-electron chi connectivity index (χ1n) is 7.52. The minimum Gasteiger partial charge on any atom is -0.360 e. The lowest BCUT2D eigenvalue weighted by Gasteiger charge is -2.32. The number of hydrogen-bond donors (Lipinski definition) is 0. The van der Waals surface area contributed by atoms with E-state index in [4.69, 9.17) is 4.52 Å². The second kappa shape index (κ2) is 5.38. The Morgan fingerprint density at radius 1 is 1.30 bits per heavy atom. The van der Waals surface area contributed by atoms with Crippen LogP contribution in [0.5, 0.6) is 0 Å². The molecule has 0 aromatic carbocycles. The van der Waals surface area contributed by atoms with Crippen LogP contribution in [-0.4, -0.2) is 34.4 Å². The van der Waals surface area contributed by atoms with Crippen molar-refractivity contribution in [3.05, 3.63) is 35.2 Å². The lowest BCUT2D eigenvalue weighted by Crippen LogP contribution is -2.44. The van der Waals surface area contributed by atoms with E-state index in [1.165, 1.54) is 4.31 Å². The molecule has 0 aliphatic carbocycles. The second-order valence-electron chi connectivity index (χ2n) is 6.13. The normalized spacial score (nSPS) is 22.6. The fourth-order valence-electron chi connectivity index (χ4n) is 3.21. The number of aryl methyl sites for hydroxylation is 3. The second-order valence-corrected chi connectivity index (χ2v) is 7.93. The summed E-state index contributed by atoms with van der Waals surface area (Å²) < 4.78 is 32.9. The predicted octanol–water partition coefficient (Wildman–Crippen LogP) is 2.09. The van der Waals surface area contributed by atoms with E-state index in [2.05, 4.69) is 15.1 Å². The molecular formula is C15H20N4O3S. The van der Waals surface area contributed by atoms with E-state index in [-0.39, 0.29) is 4.90 Å². The van der Waals surface area contributed by atoms with Crippen LogP contribution in [-0.2, 0) is 15.6 Å². The van der Waals surface area contributed by atoms with Gasteiger partial charge in [-0.2, -0.15) is 4.31 Å². The van der Waals surface area contributed by atoms with Crippen molar-refractivity contribution < 1.29 is 12.9 Å². The number of sulfonamides is 1. The largest absolute Gasteiger partial charge is 0.360 e. The SMILES string of the molecule is Cc1ccnc([C@@]2(C)CCCN2S(=O)(=O)c2c(C)noc2C)n1. The number of aromatic nitrogens is 3. The Morgan fingerprint density at radius 3 is 2.65 bits per heavy atom. The van der Waals surface area contributed by atoms with E-state index in [0.717, 1.165) is 12.1 Å². The molecule has 1 aliphatic rings. The molecule has 0 bridgehead atoms. The van der Waals surface area contributed by atoms with Crippen LogP contribution < -0.4 is 0 Å². The van der Waals surface area contributed by atoms with Crippen LogP contribution in [0.1, 0.15) is 42.7 Å². The molecule has 0 saturated carbocycles. The molecule has 8 heteroatoms. The molecule has 0 spiro atoms. The van der Waals surface area contributed by atoms with Gasteiger partial charge in [0.15, 0.2) is 5.76 Å². The van der Waals surface area contributed by atoms with Crippen LogP contribution in [0, 0.1) is 20.8 Å². The monoisotopic (exact) mass is 336 g/mol. The minimum absolute atomic E-state index is 0.151. The quantitative estimate of drug-likeness (QED) is 0.852. The molecule has 23 heavy (non-hydrogen) atoms. The van der Waals surface area contributed by atoms with E-state index >= 15 is 0 Å². The number of hydrogen-bond acceptors (Lipinski definition) is 6. The summed E-state index contributed by atoms with van der Waals surface area (Å²) in [6.45, 7) is 7.44. The molecule has 1 saturated heterocycles. The molecule has 2 aromatic rings. The fraction of sp³-hybridized carbons (Fsp3) is 0.533. The highest BCUT2D eigenvalue weighted by molar-refractivity contribution is 7.89. The van der Waals surface area contributed by atoms with Crippen LogP contribution in [0.25, 0.3) is 0 Å². The highest BCUT2D eigenvalue weighted by Gasteiger charge is 2.48. The van der Waals surface area contributed by atoms with Gasteiger partial charge in [0.05, 0.1) is 5.54 Å². The molecule has 1 fully saturated rings. The molecule has 0 radical (unpaired) electrons. The molecule has 2 aromatic heterocycles. The van der Waals surface area contributed by atoms with Crippen molar-refractivity contribution in [2.75, 3.05) is 6.54 Å². The van der Waals surface area contributed by atoms with Gasteiger partial charge in [0, 0.05) is 18.4 Å². The van der Waals surface area contributed by atoms with Gasteiger partial charge >= 0.3 is 0 Å². The van der Waals surface area contributed by atoms with Crippen LogP contribution in [0.15, 0.2) is 21.7 Å². The highest BCUT2D eigenvalue weighted by atomic mass is 32.2. The highest BCUT2D eigenvalue weighted by Crippen LogP contribution is 2.41. The van der Waals surface area contributed by atoms with Gasteiger partial charge < -0.3 is 4.52 Å². The van der Waals surface area contributed by atoms with Gasteiger partial charge in [-0.1, -0.05) is 5.16 Å². The third kappa shape index (κ3) is 2.46. The summed E-state index contributed by atoms with van der Waals surface area (Å²) in [5.74, 6) is 0.840. The van der Waals surface area contributed by atoms with Gasteiger partial charge in [-0.25, -0.2) is 18.4 Å². The Bertz CT molecular complexity index is 827. The van der Waals surface area contributed by atoms with E-state index < -0.39 is 15.6 Å². The Labute approximate surface area is 135 Å². The van der Waals surface area contributed by atoms with Crippen molar-refractivity contribution in [1.82, 2.24) is 19.4 Å². The van der Waals surface area contributed by atoms with E-state index in [1.807, 2.05) is 13.8 Å². The zero-order chi connectivity index (χ0) is 16.8. The van der Waals surface area contributed by atoms with Crippen molar-refractivity contribution >= 4 is 10.0 Å². The summed E-state index contributed by atoms with van der Waals surface area (Å²) in [4.78, 5) is 8.94. The van der Waals surface area contributed by atoms with Crippen molar-refractivity contribution in [3.63, 3.8) is 0 Å². The topological polar surface area (TPSA) is 89.2 Å². The lowest BCUT2D eigenvalue weighted by atomic mass is 9.99. The van der Waals surface area contributed by atoms with E-state index in [9.17, 15) is 8.42 Å². The zero-order valence-corrected chi connectivity index (χ0v) is 14.5. The standard InChI is InChI=1S/C15H20N4O3S/c1-10-6-8-16-14(17-10)15(4)7-5-9-19(15)23(20,21)13-11(2)18-22-12(13)3/h6,8H,5,7,9H2,1-4H3/t15-/m1/s1. The average molecular weight is 336 g/mol. The first kappa shape index (κ1) is 16.1. The van der Waals surface area contributed by atoms with Crippen molar-refractivity contribution in [3.8, 4) is 0 Å². The van der Waals surface area contributed by atoms with Gasteiger partial charge in [0.25, 0.3) is 0 Å². The smallest absolute Gasteiger partial charge is 0.249 e. The molecule has 0 amide bonds. The summed E-state index contributed by atoms with van der Waals surface area (Å²) in [5.41, 5.74) is 0.431. The fourth-order valence-corrected chi connectivity index (χ4v) is 5.31. The van der Waals surface area contributed by atoms with E-state index in [1.54, 1.807) is 26.1 Å². The minimum atomic E-state index is -3.73. The molecule has 3 rings (SSSR count). The van der Waals surface area contributed by atoms with Gasteiger partial charge in [-0.05, 0) is 46.6 Å². The molecule has 1 atom stereocenters. The molecular weight excluding hydrogens is 316 g/mol. The molecule has 7 nitrogen and oxygen atoms in total. The number of nitrogens with zero attached hydrogens (tertiary/aromatic N) is 4. The third-order valence-electron chi connectivity index (χ3n) is 4.37. The van der Waals surface area contributed by atoms with Crippen LogP contribution >= 0.6 is 0 Å². The van der Waals surface area contributed by atoms with E-state index in [0.29, 0.717) is 30.2 Å². The maximum atomic E-state index is 13.2. The number of rotatable bonds is 3. The summed E-state index contributed by atoms with van der Waals surface area (Å²) in [6, 6.07) is 1.80. The van der Waals surface area contributed by atoms with Crippen molar-refractivity contribution in [2.24, 2.45) is 0 Å². The predicted molar refractivity (Wildman–Crippen MR) is 83.2 cm³/mol. The molecule has 124 valence electrons. The molecule has 0 unspecified atom stereocenters. The van der Waals surface area contributed by atoms with Gasteiger partial charge in [-0.3, -0.25) is 0 Å². The van der Waals surface area contributed by atoms with Crippen LogP contribution in [0.4, 0.5) is 0 Å². The third-order valence-corrected chi connectivity index (χ3v) is 6.63. The maximum Gasteiger partial charge on any atom is 0.249 e. The first-order chi connectivity index (χ1) is 10.8. The average Bonchev–Trinajstić information content (AvgIpc) is 3.04. The Balaban J connectivity index is 2.12. The summed E-state index contributed by atoms with van der Waals surface area (Å²) in [5, 5.41) is 3.78. The summed E-state index contributed by atoms with van der Waals surface area (Å²) >= 11 is 0. The van der Waals surface area contributed by atoms with Crippen LogP contribution in [0.3, 0.4) is 0 Å². The Kier molecular flexibility index (Phi) is 3.76. The molecule has 1 aliphatic heterocycles.